The summed E-state index contributed by atoms with van der Waals surface area (Å²) in [7, 11) is 0. The summed E-state index contributed by atoms with van der Waals surface area (Å²) in [6.07, 6.45) is 0. The average Bonchev–Trinajstić information content (AvgIpc) is 2.46. The number of anilines is 2. The first kappa shape index (κ1) is 17.1. The molecule has 6 nitrogen and oxygen atoms in total. The molecular weight excluding hydrogens is 341 g/mol. The smallest absolute Gasteiger partial charge is 0.274 e. The summed E-state index contributed by atoms with van der Waals surface area (Å²) in [5, 5.41) is 17.3. The first-order valence-corrected chi connectivity index (χ1v) is 7.35. The van der Waals surface area contributed by atoms with Gasteiger partial charge in [-0.3, -0.25) is 14.9 Å². The Morgan fingerprint density at radius 2 is 1.78 bits per heavy atom. The third-order valence-electron chi connectivity index (χ3n) is 3.01. The predicted molar refractivity (Wildman–Crippen MR) is 91.4 cm³/mol. The lowest BCUT2D eigenvalue weighted by Crippen LogP contribution is -2.21. The fraction of sp³-hybridized carbons (Fsp3) is 0.133. The molecule has 0 fully saturated rings. The van der Waals surface area contributed by atoms with Gasteiger partial charge in [0.15, 0.2) is 0 Å². The van der Waals surface area contributed by atoms with Crippen molar-refractivity contribution in [3.8, 4) is 0 Å². The second-order valence-electron chi connectivity index (χ2n) is 4.82. The molecule has 2 aromatic rings. The van der Waals surface area contributed by atoms with Crippen molar-refractivity contribution >= 4 is 46.2 Å². The second-order valence-corrected chi connectivity index (χ2v) is 5.69. The zero-order chi connectivity index (χ0) is 17.0. The fourth-order valence-corrected chi connectivity index (χ4v) is 2.45. The Morgan fingerprint density at radius 1 is 1.13 bits per heavy atom. The Labute approximate surface area is 142 Å². The van der Waals surface area contributed by atoms with Crippen LogP contribution in [0.5, 0.6) is 0 Å². The highest BCUT2D eigenvalue weighted by molar-refractivity contribution is 6.35. The number of nitrogens with zero attached hydrogens (tertiary/aromatic N) is 1. The van der Waals surface area contributed by atoms with Gasteiger partial charge >= 0.3 is 0 Å². The number of aryl methyl sites for hydroxylation is 1. The Kier molecular flexibility index (Phi) is 5.41. The highest BCUT2D eigenvalue weighted by atomic mass is 35.5. The van der Waals surface area contributed by atoms with Crippen molar-refractivity contribution in [2.45, 2.75) is 6.92 Å². The number of carbonyl (C=O) groups is 1. The first-order chi connectivity index (χ1) is 10.8. The van der Waals surface area contributed by atoms with Gasteiger partial charge in [-0.25, -0.2) is 0 Å². The maximum absolute atomic E-state index is 11.9. The molecule has 2 N–H and O–H groups in total. The number of halogens is 2. The highest BCUT2D eigenvalue weighted by Gasteiger charge is 2.12. The minimum absolute atomic E-state index is 0.0294. The van der Waals surface area contributed by atoms with Crippen LogP contribution in [0.3, 0.4) is 0 Å². The first-order valence-electron chi connectivity index (χ1n) is 6.60. The molecule has 2 aromatic carbocycles. The van der Waals surface area contributed by atoms with Crippen molar-refractivity contribution in [3.63, 3.8) is 0 Å². The highest BCUT2D eigenvalue weighted by Crippen LogP contribution is 2.23. The van der Waals surface area contributed by atoms with Gasteiger partial charge in [-0.15, -0.1) is 0 Å². The van der Waals surface area contributed by atoms with E-state index in [4.69, 9.17) is 23.2 Å². The van der Waals surface area contributed by atoms with Crippen LogP contribution in [0.25, 0.3) is 0 Å². The molecule has 0 heterocycles. The maximum atomic E-state index is 11.9. The minimum Gasteiger partial charge on any atom is -0.376 e. The van der Waals surface area contributed by atoms with E-state index in [0.717, 1.165) is 0 Å². The molecule has 0 bridgehead atoms. The van der Waals surface area contributed by atoms with E-state index in [1.807, 2.05) is 0 Å². The average molecular weight is 354 g/mol. The Balaban J connectivity index is 1.99. The standard InChI is InChI=1S/C15H13Cl2N3O3/c1-9-2-3-12(7-14(9)20(22)23)19-15(21)8-18-13-5-10(16)4-11(17)6-13/h2-7,18H,8H2,1H3,(H,19,21). The van der Waals surface area contributed by atoms with Crippen LogP contribution >= 0.6 is 23.2 Å². The number of nitrogens with one attached hydrogen (secondary N) is 2. The van der Waals surface area contributed by atoms with Crippen molar-refractivity contribution in [1.82, 2.24) is 0 Å². The maximum Gasteiger partial charge on any atom is 0.274 e. The van der Waals surface area contributed by atoms with Crippen molar-refractivity contribution in [1.29, 1.82) is 0 Å². The van der Waals surface area contributed by atoms with E-state index in [1.54, 1.807) is 37.3 Å². The van der Waals surface area contributed by atoms with Gasteiger partial charge in [0, 0.05) is 33.0 Å². The van der Waals surface area contributed by atoms with Gasteiger partial charge in [0.2, 0.25) is 5.91 Å². The van der Waals surface area contributed by atoms with Crippen molar-refractivity contribution in [2.24, 2.45) is 0 Å². The minimum atomic E-state index is -0.489. The normalized spacial score (nSPS) is 10.2. The molecule has 1 amide bonds. The van der Waals surface area contributed by atoms with Crippen LogP contribution in [0.2, 0.25) is 10.0 Å². The largest absolute Gasteiger partial charge is 0.376 e. The fourth-order valence-electron chi connectivity index (χ4n) is 1.93. The Morgan fingerprint density at radius 3 is 2.39 bits per heavy atom. The third kappa shape index (κ3) is 4.84. The van der Waals surface area contributed by atoms with Gasteiger partial charge in [-0.2, -0.15) is 0 Å². The molecule has 0 aromatic heterocycles. The topological polar surface area (TPSA) is 84.3 Å². The van der Waals surface area contributed by atoms with Gasteiger partial charge in [-0.05, 0) is 31.2 Å². The molecule has 0 saturated heterocycles. The number of nitro benzene ring substituents is 1. The van der Waals surface area contributed by atoms with Crippen LogP contribution in [0.1, 0.15) is 5.56 Å². The number of carbonyl (C=O) groups excluding carboxylic acids is 1. The van der Waals surface area contributed by atoms with E-state index in [1.165, 1.54) is 6.07 Å². The molecule has 0 radical (unpaired) electrons. The lowest BCUT2D eigenvalue weighted by Gasteiger charge is -2.09. The molecule has 0 aliphatic carbocycles. The van der Waals surface area contributed by atoms with Gasteiger partial charge < -0.3 is 10.6 Å². The van der Waals surface area contributed by atoms with Crippen molar-refractivity contribution in [3.05, 3.63) is 62.1 Å². The number of rotatable bonds is 5. The molecule has 120 valence electrons. The van der Waals surface area contributed by atoms with E-state index in [0.29, 0.717) is 27.0 Å². The van der Waals surface area contributed by atoms with Crippen molar-refractivity contribution in [2.75, 3.05) is 17.2 Å². The molecule has 0 saturated carbocycles. The third-order valence-corrected chi connectivity index (χ3v) is 3.44. The second kappa shape index (κ2) is 7.30. The summed E-state index contributed by atoms with van der Waals surface area (Å²) < 4.78 is 0. The van der Waals surface area contributed by atoms with Crippen LogP contribution in [0, 0.1) is 17.0 Å². The summed E-state index contributed by atoms with van der Waals surface area (Å²) in [5.41, 5.74) is 1.45. The van der Waals surface area contributed by atoms with Gasteiger partial charge in [-0.1, -0.05) is 29.3 Å². The molecule has 0 spiro atoms. The summed E-state index contributed by atoms with van der Waals surface area (Å²) in [6, 6.07) is 9.37. The quantitative estimate of drug-likeness (QED) is 0.621. The molecule has 0 unspecified atom stereocenters. The lowest BCUT2D eigenvalue weighted by atomic mass is 10.2. The van der Waals surface area contributed by atoms with Crippen LogP contribution in [0.15, 0.2) is 36.4 Å². The SMILES string of the molecule is Cc1ccc(NC(=O)CNc2cc(Cl)cc(Cl)c2)cc1[N+](=O)[O-]. The number of hydrogen-bond acceptors (Lipinski definition) is 4. The zero-order valence-corrected chi connectivity index (χ0v) is 13.6. The molecule has 23 heavy (non-hydrogen) atoms. The Bertz CT molecular complexity index is 745. The molecule has 2 rings (SSSR count). The zero-order valence-electron chi connectivity index (χ0n) is 12.1. The van der Waals surface area contributed by atoms with E-state index in [-0.39, 0.29) is 18.1 Å². The van der Waals surface area contributed by atoms with Gasteiger partial charge in [0.1, 0.15) is 0 Å². The number of hydrogen-bond donors (Lipinski definition) is 2. The molecule has 0 atom stereocenters. The van der Waals surface area contributed by atoms with Crippen LogP contribution < -0.4 is 10.6 Å². The molecule has 8 heteroatoms. The summed E-state index contributed by atoms with van der Waals surface area (Å²) in [4.78, 5) is 22.3. The Hall–Kier alpha value is -2.31. The van der Waals surface area contributed by atoms with E-state index < -0.39 is 4.92 Å². The van der Waals surface area contributed by atoms with Gasteiger partial charge in [0.05, 0.1) is 11.5 Å². The molecular formula is C15H13Cl2N3O3. The van der Waals surface area contributed by atoms with Crippen LogP contribution in [0.4, 0.5) is 17.1 Å². The predicted octanol–water partition coefficient (Wildman–Crippen LogP) is 4.26. The summed E-state index contributed by atoms with van der Waals surface area (Å²) >= 11 is 11.7. The van der Waals surface area contributed by atoms with Crippen LogP contribution in [-0.4, -0.2) is 17.4 Å². The number of nitro groups is 1. The van der Waals surface area contributed by atoms with Gasteiger partial charge in [0.25, 0.3) is 5.69 Å². The number of benzene rings is 2. The van der Waals surface area contributed by atoms with E-state index in [9.17, 15) is 14.9 Å². The summed E-state index contributed by atoms with van der Waals surface area (Å²) in [6.45, 7) is 1.60. The van der Waals surface area contributed by atoms with Crippen molar-refractivity contribution < 1.29 is 9.72 Å². The molecule has 0 aliphatic rings. The van der Waals surface area contributed by atoms with E-state index >= 15 is 0 Å². The summed E-state index contributed by atoms with van der Waals surface area (Å²) in [5.74, 6) is -0.348. The van der Waals surface area contributed by atoms with E-state index in [2.05, 4.69) is 10.6 Å². The monoisotopic (exact) mass is 353 g/mol. The van der Waals surface area contributed by atoms with Crippen LogP contribution in [-0.2, 0) is 4.79 Å². The number of amides is 1. The molecule has 0 aliphatic heterocycles. The lowest BCUT2D eigenvalue weighted by molar-refractivity contribution is -0.385.